The fourth-order valence-electron chi connectivity index (χ4n) is 3.10. The highest BCUT2D eigenvalue weighted by Gasteiger charge is 2.20. The summed E-state index contributed by atoms with van der Waals surface area (Å²) in [6, 6.07) is 21.9. The maximum Gasteiger partial charge on any atom is 0.204 e. The number of hydrogen-bond acceptors (Lipinski definition) is 6. The van der Waals surface area contributed by atoms with E-state index in [1.165, 1.54) is 7.11 Å². The molecular weight excluding hydrogens is 388 g/mol. The summed E-state index contributed by atoms with van der Waals surface area (Å²) in [6.07, 6.45) is 0. The van der Waals surface area contributed by atoms with E-state index < -0.39 is 9.84 Å². The highest BCUT2D eigenvalue weighted by atomic mass is 32.2. The van der Waals surface area contributed by atoms with Crippen LogP contribution in [0.3, 0.4) is 0 Å². The third-order valence-corrected chi connectivity index (χ3v) is 6.19. The van der Waals surface area contributed by atoms with Gasteiger partial charge in [0.1, 0.15) is 5.75 Å². The summed E-state index contributed by atoms with van der Waals surface area (Å²) in [5.74, 6) is 0.681. The largest absolute Gasteiger partial charge is 0.496 e. The molecule has 4 aromatic rings. The molecule has 0 saturated heterocycles. The molecule has 0 aliphatic rings. The zero-order valence-corrected chi connectivity index (χ0v) is 16.4. The standard InChI is InChI=1S/C21H18N4O3S/c1-28-20-11-10-16(15-6-3-2-4-7-15)12-18(20)14-29(26,27)19-9-5-8-17(13-19)21-22-24-25-23-21/h2-13H,14H2,1H3,(H,22,23,24,25). The number of methoxy groups -OCH3 is 1. The topological polar surface area (TPSA) is 97.8 Å². The Hall–Kier alpha value is -3.52. The highest BCUT2D eigenvalue weighted by molar-refractivity contribution is 7.90. The van der Waals surface area contributed by atoms with Crippen molar-refractivity contribution < 1.29 is 13.2 Å². The van der Waals surface area contributed by atoms with Gasteiger partial charge in [-0.2, -0.15) is 5.21 Å². The van der Waals surface area contributed by atoms with Gasteiger partial charge in [-0.3, -0.25) is 0 Å². The zero-order valence-electron chi connectivity index (χ0n) is 15.6. The number of H-pyrrole nitrogens is 1. The highest BCUT2D eigenvalue weighted by Crippen LogP contribution is 2.30. The first kappa shape index (κ1) is 18.8. The lowest BCUT2D eigenvalue weighted by molar-refractivity contribution is 0.411. The lowest BCUT2D eigenvalue weighted by Gasteiger charge is -2.12. The van der Waals surface area contributed by atoms with E-state index >= 15 is 0 Å². The van der Waals surface area contributed by atoms with Crippen LogP contribution in [0.4, 0.5) is 0 Å². The van der Waals surface area contributed by atoms with Crippen molar-refractivity contribution in [2.75, 3.05) is 7.11 Å². The maximum absolute atomic E-state index is 13.1. The van der Waals surface area contributed by atoms with E-state index in [4.69, 9.17) is 4.74 Å². The molecule has 0 amide bonds. The van der Waals surface area contributed by atoms with Crippen LogP contribution in [0.5, 0.6) is 5.75 Å². The molecule has 4 rings (SSSR count). The number of benzene rings is 3. The Kier molecular flexibility index (Phi) is 5.09. The number of rotatable bonds is 6. The molecule has 0 radical (unpaired) electrons. The van der Waals surface area contributed by atoms with Gasteiger partial charge < -0.3 is 4.74 Å². The SMILES string of the molecule is COc1ccc(-c2ccccc2)cc1CS(=O)(=O)c1cccc(-c2nn[nH]n2)c1. The van der Waals surface area contributed by atoms with Crippen molar-refractivity contribution in [3.05, 3.63) is 78.4 Å². The van der Waals surface area contributed by atoms with E-state index in [0.717, 1.165) is 11.1 Å². The molecule has 7 nitrogen and oxygen atoms in total. The van der Waals surface area contributed by atoms with Gasteiger partial charge in [-0.05, 0) is 40.6 Å². The first-order valence-corrected chi connectivity index (χ1v) is 10.5. The van der Waals surface area contributed by atoms with Crippen LogP contribution >= 0.6 is 0 Å². The molecule has 0 saturated carbocycles. The van der Waals surface area contributed by atoms with Crippen LogP contribution in [-0.2, 0) is 15.6 Å². The summed E-state index contributed by atoms with van der Waals surface area (Å²) in [6.45, 7) is 0. The third-order valence-electron chi connectivity index (χ3n) is 4.53. The van der Waals surface area contributed by atoms with E-state index in [0.29, 0.717) is 22.7 Å². The quantitative estimate of drug-likeness (QED) is 0.526. The minimum atomic E-state index is -3.62. The second kappa shape index (κ2) is 7.84. The molecule has 0 unspecified atom stereocenters. The minimum absolute atomic E-state index is 0.187. The van der Waals surface area contributed by atoms with Gasteiger partial charge in [0.15, 0.2) is 9.84 Å². The Morgan fingerprint density at radius 2 is 1.69 bits per heavy atom. The molecule has 0 aliphatic heterocycles. The third kappa shape index (κ3) is 4.02. The van der Waals surface area contributed by atoms with Gasteiger partial charge in [0.2, 0.25) is 5.82 Å². The van der Waals surface area contributed by atoms with Crippen LogP contribution in [0.25, 0.3) is 22.5 Å². The normalized spacial score (nSPS) is 11.3. The summed E-state index contributed by atoms with van der Waals surface area (Å²) < 4.78 is 31.6. The summed E-state index contributed by atoms with van der Waals surface area (Å²) in [5.41, 5.74) is 3.11. The molecule has 0 spiro atoms. The van der Waals surface area contributed by atoms with E-state index in [-0.39, 0.29) is 10.6 Å². The van der Waals surface area contributed by atoms with Crippen LogP contribution in [0.2, 0.25) is 0 Å². The van der Waals surface area contributed by atoms with E-state index in [2.05, 4.69) is 20.6 Å². The molecule has 1 heterocycles. The van der Waals surface area contributed by atoms with Gasteiger partial charge in [0, 0.05) is 11.1 Å². The van der Waals surface area contributed by atoms with Crippen molar-refractivity contribution in [2.24, 2.45) is 0 Å². The van der Waals surface area contributed by atoms with Crippen molar-refractivity contribution in [3.8, 4) is 28.3 Å². The van der Waals surface area contributed by atoms with Gasteiger partial charge in [-0.1, -0.05) is 48.5 Å². The van der Waals surface area contributed by atoms with Crippen LogP contribution in [0, 0.1) is 0 Å². The molecule has 3 aromatic carbocycles. The molecule has 0 aliphatic carbocycles. The van der Waals surface area contributed by atoms with Crippen LogP contribution < -0.4 is 4.74 Å². The van der Waals surface area contributed by atoms with Crippen molar-refractivity contribution in [3.63, 3.8) is 0 Å². The Morgan fingerprint density at radius 3 is 2.41 bits per heavy atom. The number of hydrogen-bond donors (Lipinski definition) is 1. The van der Waals surface area contributed by atoms with E-state index in [1.54, 1.807) is 30.3 Å². The van der Waals surface area contributed by atoms with E-state index in [1.807, 2.05) is 42.5 Å². The number of nitrogens with zero attached hydrogens (tertiary/aromatic N) is 3. The predicted octanol–water partition coefficient (Wildman–Crippen LogP) is 3.52. The number of aromatic amines is 1. The zero-order chi connectivity index (χ0) is 20.3. The predicted molar refractivity (Wildman–Crippen MR) is 109 cm³/mol. The second-order valence-corrected chi connectivity index (χ2v) is 8.40. The molecule has 1 N–H and O–H groups in total. The first-order valence-electron chi connectivity index (χ1n) is 8.86. The molecule has 146 valence electrons. The smallest absolute Gasteiger partial charge is 0.204 e. The molecule has 0 fully saturated rings. The molecule has 1 aromatic heterocycles. The Labute approximate surface area is 168 Å². The number of ether oxygens (including phenoxy) is 1. The fraction of sp³-hybridized carbons (Fsp3) is 0.0952. The van der Waals surface area contributed by atoms with Crippen molar-refractivity contribution >= 4 is 9.84 Å². The molecular formula is C21H18N4O3S. The lowest BCUT2D eigenvalue weighted by atomic mass is 10.0. The summed E-state index contributed by atoms with van der Waals surface area (Å²) >= 11 is 0. The van der Waals surface area contributed by atoms with Crippen LogP contribution in [0.1, 0.15) is 5.56 Å². The Balaban J connectivity index is 1.70. The second-order valence-electron chi connectivity index (χ2n) is 6.41. The average molecular weight is 406 g/mol. The molecule has 0 bridgehead atoms. The van der Waals surface area contributed by atoms with Crippen LogP contribution in [-0.4, -0.2) is 36.2 Å². The minimum Gasteiger partial charge on any atom is -0.496 e. The van der Waals surface area contributed by atoms with E-state index in [9.17, 15) is 8.42 Å². The number of nitrogens with one attached hydrogen (secondary N) is 1. The summed E-state index contributed by atoms with van der Waals surface area (Å²) in [5, 5.41) is 13.7. The van der Waals surface area contributed by atoms with Crippen molar-refractivity contribution in [2.45, 2.75) is 10.6 Å². The van der Waals surface area contributed by atoms with Crippen LogP contribution in [0.15, 0.2) is 77.7 Å². The van der Waals surface area contributed by atoms with Gasteiger partial charge in [-0.15, -0.1) is 10.2 Å². The fourth-order valence-corrected chi connectivity index (χ4v) is 4.50. The lowest BCUT2D eigenvalue weighted by Crippen LogP contribution is -2.07. The number of tetrazole rings is 1. The summed E-state index contributed by atoms with van der Waals surface area (Å²) in [7, 11) is -2.09. The van der Waals surface area contributed by atoms with Gasteiger partial charge in [0.25, 0.3) is 0 Å². The Bertz CT molecular complexity index is 1220. The number of aromatic nitrogens is 4. The van der Waals surface area contributed by atoms with Crippen molar-refractivity contribution in [1.82, 2.24) is 20.6 Å². The van der Waals surface area contributed by atoms with Gasteiger partial charge in [0.05, 0.1) is 17.8 Å². The maximum atomic E-state index is 13.1. The Morgan fingerprint density at radius 1 is 0.897 bits per heavy atom. The monoisotopic (exact) mass is 406 g/mol. The molecule has 29 heavy (non-hydrogen) atoms. The summed E-state index contributed by atoms with van der Waals surface area (Å²) in [4.78, 5) is 0.187. The number of sulfone groups is 1. The average Bonchev–Trinajstić information content (AvgIpc) is 3.29. The van der Waals surface area contributed by atoms with Gasteiger partial charge >= 0.3 is 0 Å². The van der Waals surface area contributed by atoms with Gasteiger partial charge in [-0.25, -0.2) is 8.42 Å². The molecule has 8 heteroatoms. The molecule has 0 atom stereocenters. The van der Waals surface area contributed by atoms with Crippen molar-refractivity contribution in [1.29, 1.82) is 0 Å². The first-order chi connectivity index (χ1) is 14.1.